The van der Waals surface area contributed by atoms with E-state index in [1.165, 1.54) is 0 Å². The van der Waals surface area contributed by atoms with E-state index in [1.54, 1.807) is 0 Å². The zero-order valence-electron chi connectivity index (χ0n) is 12.7. The lowest BCUT2D eigenvalue weighted by Gasteiger charge is -2.20. The maximum absolute atomic E-state index is 5.38. The quantitative estimate of drug-likeness (QED) is 0.783. The number of nitrogens with zero attached hydrogens (tertiary/aromatic N) is 3. The molecule has 0 spiro atoms. The molecule has 0 atom stereocenters. The Morgan fingerprint density at radius 3 is 2.68 bits per heavy atom. The second-order valence-corrected chi connectivity index (χ2v) is 5.02. The molecule has 0 radical (unpaired) electrons. The summed E-state index contributed by atoms with van der Waals surface area (Å²) in [7, 11) is 3.93. The topological polar surface area (TPSA) is 50.3 Å². The Morgan fingerprint density at radius 2 is 2.11 bits per heavy atom. The molecule has 0 aliphatic heterocycles. The zero-order valence-corrected chi connectivity index (χ0v) is 12.7. The van der Waals surface area contributed by atoms with Crippen molar-refractivity contribution >= 4 is 11.6 Å². The van der Waals surface area contributed by atoms with E-state index in [1.807, 2.05) is 20.0 Å². The van der Waals surface area contributed by atoms with Crippen LogP contribution in [-0.4, -0.2) is 37.2 Å². The van der Waals surface area contributed by atoms with Gasteiger partial charge in [-0.1, -0.05) is 13.8 Å². The second-order valence-electron chi connectivity index (χ2n) is 5.02. The molecule has 1 rings (SSSR count). The molecule has 1 N–H and O–H groups in total. The van der Waals surface area contributed by atoms with Crippen molar-refractivity contribution < 1.29 is 4.74 Å². The van der Waals surface area contributed by atoms with Crippen LogP contribution >= 0.6 is 0 Å². The van der Waals surface area contributed by atoms with Crippen molar-refractivity contribution in [2.24, 2.45) is 5.92 Å². The molecule has 0 saturated heterocycles. The maximum Gasteiger partial charge on any atom is 0.158 e. The lowest BCUT2D eigenvalue weighted by Crippen LogP contribution is -2.22. The zero-order chi connectivity index (χ0) is 14.3. The molecule has 0 aliphatic carbocycles. The van der Waals surface area contributed by atoms with Gasteiger partial charge < -0.3 is 15.0 Å². The SMILES string of the molecule is CCOCc1nc(NC)cc(N(C)CCC(C)C)n1. The summed E-state index contributed by atoms with van der Waals surface area (Å²) in [5.41, 5.74) is 0. The highest BCUT2D eigenvalue weighted by atomic mass is 16.5. The third-order valence-corrected chi connectivity index (χ3v) is 2.88. The van der Waals surface area contributed by atoms with Gasteiger partial charge in [0, 0.05) is 33.3 Å². The minimum atomic E-state index is 0.455. The molecule has 5 heteroatoms. The predicted molar refractivity (Wildman–Crippen MR) is 79.6 cm³/mol. The molecule has 1 aromatic heterocycles. The molecular weight excluding hydrogens is 240 g/mol. The summed E-state index contributed by atoms with van der Waals surface area (Å²) in [6, 6.07) is 1.97. The molecule has 0 saturated carbocycles. The minimum Gasteiger partial charge on any atom is -0.374 e. The standard InChI is InChI=1S/C14H26N4O/c1-6-19-10-13-16-12(15-4)9-14(17-13)18(5)8-7-11(2)3/h9,11H,6-8,10H2,1-5H3,(H,15,16,17). The summed E-state index contributed by atoms with van der Waals surface area (Å²) >= 11 is 0. The van der Waals surface area contributed by atoms with Crippen LogP contribution in [0.4, 0.5) is 11.6 Å². The normalized spacial score (nSPS) is 10.8. The minimum absolute atomic E-state index is 0.455. The number of hydrogen-bond acceptors (Lipinski definition) is 5. The number of aromatic nitrogens is 2. The van der Waals surface area contributed by atoms with Crippen LogP contribution in [0.5, 0.6) is 0 Å². The van der Waals surface area contributed by atoms with Gasteiger partial charge in [-0.3, -0.25) is 0 Å². The average Bonchev–Trinajstić information content (AvgIpc) is 2.41. The molecule has 19 heavy (non-hydrogen) atoms. The summed E-state index contributed by atoms with van der Waals surface area (Å²) in [5, 5.41) is 3.07. The molecule has 0 aliphatic rings. The van der Waals surface area contributed by atoms with Gasteiger partial charge in [0.1, 0.15) is 18.2 Å². The van der Waals surface area contributed by atoms with Crippen LogP contribution in [0.1, 0.15) is 33.0 Å². The molecule has 108 valence electrons. The first kappa shape index (κ1) is 15.7. The molecule has 0 fully saturated rings. The molecule has 1 heterocycles. The first-order chi connectivity index (χ1) is 9.06. The van der Waals surface area contributed by atoms with Gasteiger partial charge in [-0.2, -0.15) is 0 Å². The van der Waals surface area contributed by atoms with Gasteiger partial charge in [0.2, 0.25) is 0 Å². The number of hydrogen-bond donors (Lipinski definition) is 1. The number of nitrogens with one attached hydrogen (secondary N) is 1. The van der Waals surface area contributed by atoms with Gasteiger partial charge >= 0.3 is 0 Å². The number of ether oxygens (including phenoxy) is 1. The number of rotatable bonds is 8. The van der Waals surface area contributed by atoms with Crippen molar-refractivity contribution in [3.63, 3.8) is 0 Å². The van der Waals surface area contributed by atoms with Crippen LogP contribution in [0.15, 0.2) is 6.07 Å². The van der Waals surface area contributed by atoms with Crippen LogP contribution in [0.2, 0.25) is 0 Å². The smallest absolute Gasteiger partial charge is 0.158 e. The van der Waals surface area contributed by atoms with Crippen LogP contribution < -0.4 is 10.2 Å². The Balaban J connectivity index is 2.79. The fourth-order valence-electron chi connectivity index (χ4n) is 1.63. The molecule has 0 aromatic carbocycles. The first-order valence-electron chi connectivity index (χ1n) is 6.91. The molecule has 0 bridgehead atoms. The number of anilines is 2. The van der Waals surface area contributed by atoms with E-state index in [2.05, 4.69) is 41.1 Å². The van der Waals surface area contributed by atoms with E-state index in [0.717, 1.165) is 30.4 Å². The first-order valence-corrected chi connectivity index (χ1v) is 6.91. The highest BCUT2D eigenvalue weighted by Gasteiger charge is 2.08. The van der Waals surface area contributed by atoms with E-state index >= 15 is 0 Å². The largest absolute Gasteiger partial charge is 0.374 e. The fraction of sp³-hybridized carbons (Fsp3) is 0.714. The van der Waals surface area contributed by atoms with Crippen molar-refractivity contribution in [3.8, 4) is 0 Å². The fourth-order valence-corrected chi connectivity index (χ4v) is 1.63. The van der Waals surface area contributed by atoms with E-state index in [0.29, 0.717) is 19.1 Å². The maximum atomic E-state index is 5.38. The van der Waals surface area contributed by atoms with Crippen LogP contribution in [0.3, 0.4) is 0 Å². The Labute approximate surface area is 116 Å². The van der Waals surface area contributed by atoms with Gasteiger partial charge in [-0.05, 0) is 19.3 Å². The highest BCUT2D eigenvalue weighted by Crippen LogP contribution is 2.16. The van der Waals surface area contributed by atoms with Crippen molar-refractivity contribution in [2.45, 2.75) is 33.8 Å². The van der Waals surface area contributed by atoms with Crippen molar-refractivity contribution in [3.05, 3.63) is 11.9 Å². The predicted octanol–water partition coefficient (Wildman–Crippen LogP) is 2.54. The lowest BCUT2D eigenvalue weighted by atomic mass is 10.1. The summed E-state index contributed by atoms with van der Waals surface area (Å²) in [4.78, 5) is 11.1. The van der Waals surface area contributed by atoms with Gasteiger partial charge in [0.15, 0.2) is 5.82 Å². The van der Waals surface area contributed by atoms with E-state index in [-0.39, 0.29) is 0 Å². The van der Waals surface area contributed by atoms with E-state index < -0.39 is 0 Å². The van der Waals surface area contributed by atoms with Crippen LogP contribution in [-0.2, 0) is 11.3 Å². The summed E-state index contributed by atoms with van der Waals surface area (Å²) < 4.78 is 5.38. The van der Waals surface area contributed by atoms with E-state index in [9.17, 15) is 0 Å². The molecule has 1 aromatic rings. The van der Waals surface area contributed by atoms with Gasteiger partial charge in [0.05, 0.1) is 0 Å². The van der Waals surface area contributed by atoms with Gasteiger partial charge in [0.25, 0.3) is 0 Å². The summed E-state index contributed by atoms with van der Waals surface area (Å²) in [5.74, 6) is 3.18. The Hall–Kier alpha value is -1.36. The Morgan fingerprint density at radius 1 is 1.37 bits per heavy atom. The Bertz CT molecular complexity index is 382. The lowest BCUT2D eigenvalue weighted by molar-refractivity contribution is 0.128. The van der Waals surface area contributed by atoms with Crippen LogP contribution in [0.25, 0.3) is 0 Å². The molecule has 0 unspecified atom stereocenters. The van der Waals surface area contributed by atoms with Crippen molar-refractivity contribution in [2.75, 3.05) is 37.5 Å². The summed E-state index contributed by atoms with van der Waals surface area (Å²) in [6.45, 7) is 8.55. The van der Waals surface area contributed by atoms with Crippen molar-refractivity contribution in [1.82, 2.24) is 9.97 Å². The third kappa shape index (κ3) is 5.42. The monoisotopic (exact) mass is 266 g/mol. The van der Waals surface area contributed by atoms with Gasteiger partial charge in [-0.25, -0.2) is 9.97 Å². The summed E-state index contributed by atoms with van der Waals surface area (Å²) in [6.07, 6.45) is 1.15. The van der Waals surface area contributed by atoms with Crippen LogP contribution in [0, 0.1) is 5.92 Å². The Kier molecular flexibility index (Phi) is 6.56. The molecule has 5 nitrogen and oxygen atoms in total. The van der Waals surface area contributed by atoms with E-state index in [4.69, 9.17) is 4.74 Å². The molecule has 0 amide bonds. The third-order valence-electron chi connectivity index (χ3n) is 2.88. The average molecular weight is 266 g/mol. The van der Waals surface area contributed by atoms with Crippen molar-refractivity contribution in [1.29, 1.82) is 0 Å². The second kappa shape index (κ2) is 7.94. The highest BCUT2D eigenvalue weighted by molar-refractivity contribution is 5.48. The van der Waals surface area contributed by atoms with Gasteiger partial charge in [-0.15, -0.1) is 0 Å². The molecular formula is C14H26N4O.